The van der Waals surface area contributed by atoms with Crippen molar-refractivity contribution in [1.29, 1.82) is 0 Å². The van der Waals surface area contributed by atoms with Gasteiger partial charge in [-0.15, -0.1) is 0 Å². The minimum atomic E-state index is -4.93. The summed E-state index contributed by atoms with van der Waals surface area (Å²) in [4.78, 5) is 22.9. The summed E-state index contributed by atoms with van der Waals surface area (Å²) in [5.74, 6) is -3.04. The first-order valence-electron chi connectivity index (χ1n) is 5.88. The summed E-state index contributed by atoms with van der Waals surface area (Å²) in [6.45, 7) is 3.60. The number of alkyl halides is 3. The Kier molecular flexibility index (Phi) is 4.72. The Labute approximate surface area is 103 Å². The van der Waals surface area contributed by atoms with E-state index in [4.69, 9.17) is 0 Å². The van der Waals surface area contributed by atoms with E-state index in [-0.39, 0.29) is 0 Å². The Balaban J connectivity index is 2.68. The second-order valence-corrected chi connectivity index (χ2v) is 4.74. The second kappa shape index (κ2) is 5.69. The molecule has 0 spiro atoms. The van der Waals surface area contributed by atoms with Gasteiger partial charge in [0.1, 0.15) is 0 Å². The van der Waals surface area contributed by atoms with E-state index in [2.05, 4.69) is 10.6 Å². The molecule has 1 aliphatic heterocycles. The van der Waals surface area contributed by atoms with E-state index in [1.807, 2.05) is 0 Å². The second-order valence-electron chi connectivity index (χ2n) is 4.74. The summed E-state index contributed by atoms with van der Waals surface area (Å²) in [6, 6.07) is -2.01. The summed E-state index contributed by atoms with van der Waals surface area (Å²) in [6.07, 6.45) is -3.54. The van der Waals surface area contributed by atoms with Crippen molar-refractivity contribution in [3.05, 3.63) is 0 Å². The van der Waals surface area contributed by atoms with Crippen molar-refractivity contribution < 1.29 is 22.8 Å². The molecule has 2 atom stereocenters. The number of nitrogens with one attached hydrogen (secondary N) is 2. The first-order valence-corrected chi connectivity index (χ1v) is 5.88. The molecule has 0 aromatic heterocycles. The van der Waals surface area contributed by atoms with Crippen molar-refractivity contribution in [3.8, 4) is 0 Å². The van der Waals surface area contributed by atoms with Gasteiger partial charge in [-0.3, -0.25) is 9.59 Å². The fourth-order valence-electron chi connectivity index (χ4n) is 1.87. The van der Waals surface area contributed by atoms with Crippen LogP contribution < -0.4 is 10.6 Å². The minimum absolute atomic E-state index is 0.493. The van der Waals surface area contributed by atoms with Gasteiger partial charge in [-0.1, -0.05) is 13.8 Å². The summed E-state index contributed by atoms with van der Waals surface area (Å²) >= 11 is 0. The van der Waals surface area contributed by atoms with Gasteiger partial charge < -0.3 is 10.6 Å². The minimum Gasteiger partial charge on any atom is -0.344 e. The first kappa shape index (κ1) is 14.9. The van der Waals surface area contributed by atoms with E-state index in [9.17, 15) is 22.8 Å². The van der Waals surface area contributed by atoms with E-state index in [1.165, 1.54) is 13.8 Å². The summed E-state index contributed by atoms with van der Waals surface area (Å²) in [7, 11) is 0. The monoisotopic (exact) mass is 266 g/mol. The normalized spacial score (nSPS) is 22.0. The maximum Gasteiger partial charge on any atom is 0.452 e. The zero-order valence-corrected chi connectivity index (χ0v) is 10.3. The molecule has 2 N–H and O–H groups in total. The molecule has 1 unspecified atom stereocenters. The van der Waals surface area contributed by atoms with Gasteiger partial charge in [0.05, 0.1) is 12.1 Å². The molecule has 4 nitrogen and oxygen atoms in total. The Hall–Kier alpha value is -1.11. The maximum atomic E-state index is 12.4. The number of Topliss-reactive ketones (excluding diaryl/α,β-unsaturated/α-hetero) is 1. The molecule has 1 aliphatic rings. The van der Waals surface area contributed by atoms with E-state index < -0.39 is 35.9 Å². The van der Waals surface area contributed by atoms with Crippen molar-refractivity contribution in [3.63, 3.8) is 0 Å². The van der Waals surface area contributed by atoms with Gasteiger partial charge >= 0.3 is 6.18 Å². The van der Waals surface area contributed by atoms with Crippen molar-refractivity contribution in [2.75, 3.05) is 6.54 Å². The number of rotatable bonds is 4. The number of hydrogen-bond donors (Lipinski definition) is 2. The molecule has 18 heavy (non-hydrogen) atoms. The lowest BCUT2D eigenvalue weighted by molar-refractivity contribution is -0.175. The lowest BCUT2D eigenvalue weighted by Gasteiger charge is -2.23. The van der Waals surface area contributed by atoms with Crippen molar-refractivity contribution in [2.45, 2.75) is 44.9 Å². The van der Waals surface area contributed by atoms with Crippen molar-refractivity contribution in [1.82, 2.24) is 10.6 Å². The van der Waals surface area contributed by atoms with Crippen LogP contribution in [-0.2, 0) is 9.59 Å². The van der Waals surface area contributed by atoms with E-state index in [0.717, 1.165) is 6.42 Å². The zero-order valence-electron chi connectivity index (χ0n) is 10.3. The summed E-state index contributed by atoms with van der Waals surface area (Å²) in [5, 5.41) is 5.07. The number of halogens is 3. The molecular weight excluding hydrogens is 249 g/mol. The molecule has 7 heteroatoms. The molecule has 0 aliphatic carbocycles. The van der Waals surface area contributed by atoms with E-state index >= 15 is 0 Å². The van der Waals surface area contributed by atoms with Gasteiger partial charge in [0.25, 0.3) is 5.78 Å². The largest absolute Gasteiger partial charge is 0.452 e. The van der Waals surface area contributed by atoms with Crippen LogP contribution in [-0.4, -0.2) is 36.5 Å². The molecule has 1 rings (SSSR count). The smallest absolute Gasteiger partial charge is 0.344 e. The maximum absolute atomic E-state index is 12.4. The molecule has 0 saturated carbocycles. The topological polar surface area (TPSA) is 58.2 Å². The standard InChI is InChI=1S/C11H17F3N2O2/c1-6(2)8(9(17)11(12,13)14)16-10(18)7-4-3-5-15-7/h6-8,15H,3-5H2,1-2H3,(H,16,18)/t7-,8?/m0/s1. The van der Waals surface area contributed by atoms with Crippen LogP contribution in [0.5, 0.6) is 0 Å². The average molecular weight is 266 g/mol. The van der Waals surface area contributed by atoms with Crippen LogP contribution in [0.25, 0.3) is 0 Å². The van der Waals surface area contributed by atoms with Gasteiger partial charge in [-0.05, 0) is 25.3 Å². The number of carbonyl (C=O) groups excluding carboxylic acids is 2. The molecule has 0 radical (unpaired) electrons. The molecule has 0 bridgehead atoms. The number of ketones is 1. The van der Waals surface area contributed by atoms with Crippen LogP contribution in [0.15, 0.2) is 0 Å². The number of carbonyl (C=O) groups is 2. The highest BCUT2D eigenvalue weighted by Gasteiger charge is 2.45. The first-order chi connectivity index (χ1) is 8.23. The van der Waals surface area contributed by atoms with Gasteiger partial charge in [0, 0.05) is 0 Å². The fourth-order valence-corrected chi connectivity index (χ4v) is 1.87. The molecule has 0 aromatic carbocycles. The third-order valence-corrected chi connectivity index (χ3v) is 2.90. The molecule has 1 saturated heterocycles. The average Bonchev–Trinajstić information content (AvgIpc) is 2.76. The lowest BCUT2D eigenvalue weighted by Crippen LogP contribution is -2.53. The Bertz CT molecular complexity index is 323. The number of hydrogen-bond acceptors (Lipinski definition) is 3. The summed E-state index contributed by atoms with van der Waals surface area (Å²) in [5.41, 5.74) is 0. The lowest BCUT2D eigenvalue weighted by atomic mass is 9.99. The molecule has 104 valence electrons. The van der Waals surface area contributed by atoms with Crippen LogP contribution >= 0.6 is 0 Å². The molecule has 1 amide bonds. The number of amides is 1. The molecular formula is C11H17F3N2O2. The van der Waals surface area contributed by atoms with Crippen LogP contribution in [0, 0.1) is 5.92 Å². The highest BCUT2D eigenvalue weighted by atomic mass is 19.4. The van der Waals surface area contributed by atoms with Gasteiger partial charge in [0.2, 0.25) is 5.91 Å². The van der Waals surface area contributed by atoms with E-state index in [1.54, 1.807) is 0 Å². The Morgan fingerprint density at radius 3 is 2.33 bits per heavy atom. The van der Waals surface area contributed by atoms with Crippen LogP contribution in [0.1, 0.15) is 26.7 Å². The third-order valence-electron chi connectivity index (χ3n) is 2.90. The van der Waals surface area contributed by atoms with Crippen molar-refractivity contribution in [2.24, 2.45) is 5.92 Å². The molecule has 0 aromatic rings. The Morgan fingerprint density at radius 2 is 1.94 bits per heavy atom. The predicted molar refractivity (Wildman–Crippen MR) is 58.9 cm³/mol. The molecule has 1 fully saturated rings. The quantitative estimate of drug-likeness (QED) is 0.798. The summed E-state index contributed by atoms with van der Waals surface area (Å²) < 4.78 is 37.1. The highest BCUT2D eigenvalue weighted by molar-refractivity contribution is 5.94. The van der Waals surface area contributed by atoms with Crippen molar-refractivity contribution >= 4 is 11.7 Å². The van der Waals surface area contributed by atoms with Crippen LogP contribution in [0.3, 0.4) is 0 Å². The Morgan fingerprint density at radius 1 is 1.33 bits per heavy atom. The van der Waals surface area contributed by atoms with Crippen LogP contribution in [0.4, 0.5) is 13.2 Å². The van der Waals surface area contributed by atoms with Gasteiger partial charge in [-0.2, -0.15) is 13.2 Å². The zero-order chi connectivity index (χ0) is 13.9. The van der Waals surface area contributed by atoms with Crippen LogP contribution in [0.2, 0.25) is 0 Å². The fraction of sp³-hybridized carbons (Fsp3) is 0.818. The van der Waals surface area contributed by atoms with Gasteiger partial charge in [0.15, 0.2) is 0 Å². The molecule has 1 heterocycles. The predicted octanol–water partition coefficient (Wildman–Crippen LogP) is 1.01. The van der Waals surface area contributed by atoms with Gasteiger partial charge in [-0.25, -0.2) is 0 Å². The van der Waals surface area contributed by atoms with E-state index in [0.29, 0.717) is 13.0 Å². The SMILES string of the molecule is CC(C)C(NC(=O)[C@@H]1CCCN1)C(=O)C(F)(F)F. The highest BCUT2D eigenvalue weighted by Crippen LogP contribution is 2.21. The third kappa shape index (κ3) is 3.69.